The maximum atomic E-state index is 13.3. The molecule has 0 aliphatic carbocycles. The summed E-state index contributed by atoms with van der Waals surface area (Å²) in [6.45, 7) is 1.44. The van der Waals surface area contributed by atoms with E-state index in [2.05, 4.69) is 4.99 Å². The number of allylic oxidation sites excluding steroid dienone is 1. The Kier molecular flexibility index (Phi) is 6.76. The van der Waals surface area contributed by atoms with Crippen LogP contribution in [0.5, 0.6) is 0 Å². The monoisotopic (exact) mass is 376 g/mol. The van der Waals surface area contributed by atoms with E-state index >= 15 is 0 Å². The predicted molar refractivity (Wildman–Crippen MR) is 97.2 cm³/mol. The van der Waals surface area contributed by atoms with E-state index in [1.54, 1.807) is 54.6 Å². The van der Waals surface area contributed by atoms with E-state index in [9.17, 15) is 18.0 Å². The summed E-state index contributed by atoms with van der Waals surface area (Å²) in [5.41, 5.74) is 0.285. The minimum absolute atomic E-state index is 0.0362. The molecule has 2 aromatic carbocycles. The summed E-state index contributed by atoms with van der Waals surface area (Å²) < 4.78 is 45.0. The molecule has 0 N–H and O–H groups in total. The maximum absolute atomic E-state index is 13.3. The minimum Gasteiger partial charge on any atom is -0.444 e. The quantitative estimate of drug-likeness (QED) is 0.676. The number of alkyl halides is 3. The van der Waals surface area contributed by atoms with Gasteiger partial charge in [0.1, 0.15) is 6.61 Å². The third-order valence-electron chi connectivity index (χ3n) is 3.58. The van der Waals surface area contributed by atoms with Gasteiger partial charge in [-0.2, -0.15) is 13.2 Å². The number of carbonyl (C=O) groups is 1. The molecule has 0 radical (unpaired) electrons. The first-order chi connectivity index (χ1) is 12.8. The van der Waals surface area contributed by atoms with Gasteiger partial charge < -0.3 is 4.74 Å². The van der Waals surface area contributed by atoms with Gasteiger partial charge in [0.2, 0.25) is 0 Å². The molecule has 0 aliphatic rings. The maximum Gasteiger partial charge on any atom is 0.434 e. The smallest absolute Gasteiger partial charge is 0.434 e. The topological polar surface area (TPSA) is 41.9 Å². The molecule has 0 unspecified atom stereocenters. The van der Waals surface area contributed by atoms with Crippen LogP contribution in [0, 0.1) is 0 Å². The Morgan fingerprint density at radius 2 is 1.63 bits per heavy atom. The molecule has 0 saturated heterocycles. The van der Waals surface area contributed by atoms with Gasteiger partial charge in [0.25, 0.3) is 0 Å². The van der Waals surface area contributed by atoms with Crippen molar-refractivity contribution >= 4 is 11.8 Å². The predicted octanol–water partition coefficient (Wildman–Crippen LogP) is 5.17. The molecule has 4 nitrogen and oxygen atoms in total. The van der Waals surface area contributed by atoms with Crippen molar-refractivity contribution in [3.63, 3.8) is 0 Å². The molecule has 0 bridgehead atoms. The van der Waals surface area contributed by atoms with Crippen LogP contribution in [-0.4, -0.2) is 29.9 Å². The molecule has 0 fully saturated rings. The second-order valence-corrected chi connectivity index (χ2v) is 5.73. The number of hydrogen-bond acceptors (Lipinski definition) is 3. The Hall–Kier alpha value is -3.09. The SMILES string of the molecule is CC(=N/C(=C\N(C)C(=O)OCc1ccccc1)C(F)(F)F)c1ccccc1. The number of aliphatic imine (C=N–C) groups is 1. The normalized spacial score (nSPS) is 12.6. The molecule has 0 saturated carbocycles. The van der Waals surface area contributed by atoms with Crippen molar-refractivity contribution in [1.29, 1.82) is 0 Å². The van der Waals surface area contributed by atoms with E-state index in [0.29, 0.717) is 11.8 Å². The van der Waals surface area contributed by atoms with E-state index in [1.807, 2.05) is 6.07 Å². The summed E-state index contributed by atoms with van der Waals surface area (Å²) in [4.78, 5) is 16.4. The van der Waals surface area contributed by atoms with Gasteiger partial charge in [-0.3, -0.25) is 4.90 Å². The van der Waals surface area contributed by atoms with Crippen LogP contribution in [0.4, 0.5) is 18.0 Å². The highest BCUT2D eigenvalue weighted by Gasteiger charge is 2.35. The van der Waals surface area contributed by atoms with Crippen molar-refractivity contribution in [2.75, 3.05) is 7.05 Å². The second-order valence-electron chi connectivity index (χ2n) is 5.73. The third-order valence-corrected chi connectivity index (χ3v) is 3.58. The van der Waals surface area contributed by atoms with E-state index < -0.39 is 18.0 Å². The van der Waals surface area contributed by atoms with Gasteiger partial charge in [-0.1, -0.05) is 60.7 Å². The summed E-state index contributed by atoms with van der Waals surface area (Å²) in [6, 6.07) is 17.3. The standard InChI is InChI=1S/C20H19F3N2O2/c1-15(17-11-7-4-8-12-17)24-18(20(21,22)23)13-25(2)19(26)27-14-16-9-5-3-6-10-16/h3-13H,14H2,1-2H3/b18-13-,24-15?. The summed E-state index contributed by atoms with van der Waals surface area (Å²) in [5.74, 6) is 0. The van der Waals surface area contributed by atoms with E-state index in [0.717, 1.165) is 10.5 Å². The van der Waals surface area contributed by atoms with Crippen molar-refractivity contribution in [1.82, 2.24) is 4.90 Å². The Labute approximate surface area is 155 Å². The number of nitrogens with zero attached hydrogens (tertiary/aromatic N) is 2. The van der Waals surface area contributed by atoms with Crippen LogP contribution >= 0.6 is 0 Å². The second kappa shape index (κ2) is 9.02. The van der Waals surface area contributed by atoms with Crippen molar-refractivity contribution < 1.29 is 22.7 Å². The highest BCUT2D eigenvalue weighted by molar-refractivity contribution is 5.99. The molecule has 0 heterocycles. The van der Waals surface area contributed by atoms with Crippen molar-refractivity contribution in [2.24, 2.45) is 4.99 Å². The van der Waals surface area contributed by atoms with Gasteiger partial charge in [-0.15, -0.1) is 0 Å². The Morgan fingerprint density at radius 3 is 2.19 bits per heavy atom. The highest BCUT2D eigenvalue weighted by atomic mass is 19.4. The molecule has 142 valence electrons. The largest absolute Gasteiger partial charge is 0.444 e. The molecule has 0 aromatic heterocycles. The highest BCUT2D eigenvalue weighted by Crippen LogP contribution is 2.27. The lowest BCUT2D eigenvalue weighted by molar-refractivity contribution is -0.0932. The molecule has 0 atom stereocenters. The van der Waals surface area contributed by atoms with Crippen LogP contribution in [0.2, 0.25) is 0 Å². The lowest BCUT2D eigenvalue weighted by atomic mass is 10.1. The number of amides is 1. The minimum atomic E-state index is -4.72. The van der Waals surface area contributed by atoms with Crippen LogP contribution in [0.15, 0.2) is 77.6 Å². The van der Waals surface area contributed by atoms with Gasteiger partial charge in [0, 0.05) is 19.0 Å². The number of hydrogen-bond donors (Lipinski definition) is 0. The summed E-state index contributed by atoms with van der Waals surface area (Å²) >= 11 is 0. The van der Waals surface area contributed by atoms with Crippen LogP contribution in [0.1, 0.15) is 18.1 Å². The molecule has 1 amide bonds. The fourth-order valence-corrected chi connectivity index (χ4v) is 2.15. The first-order valence-corrected chi connectivity index (χ1v) is 8.10. The van der Waals surface area contributed by atoms with Gasteiger partial charge in [-0.25, -0.2) is 9.79 Å². The average molecular weight is 376 g/mol. The molecule has 7 heteroatoms. The lowest BCUT2D eigenvalue weighted by Gasteiger charge is -2.16. The van der Waals surface area contributed by atoms with Gasteiger partial charge in [0.05, 0.1) is 0 Å². The first kappa shape index (κ1) is 20.2. The van der Waals surface area contributed by atoms with E-state index in [4.69, 9.17) is 4.74 Å². The number of halogens is 3. The number of rotatable bonds is 5. The zero-order chi connectivity index (χ0) is 19.9. The third kappa shape index (κ3) is 6.29. The number of benzene rings is 2. The fraction of sp³-hybridized carbons (Fsp3) is 0.200. The number of carbonyl (C=O) groups excluding carboxylic acids is 1. The van der Waals surface area contributed by atoms with Crippen LogP contribution in [0.25, 0.3) is 0 Å². The molecule has 0 aliphatic heterocycles. The van der Waals surface area contributed by atoms with Gasteiger partial charge in [-0.05, 0) is 18.1 Å². The molecule has 2 aromatic rings. The Morgan fingerprint density at radius 1 is 1.07 bits per heavy atom. The van der Waals surface area contributed by atoms with Crippen LogP contribution in [-0.2, 0) is 11.3 Å². The van der Waals surface area contributed by atoms with Crippen molar-refractivity contribution in [3.8, 4) is 0 Å². The van der Waals surface area contributed by atoms with E-state index in [1.165, 1.54) is 14.0 Å². The summed E-state index contributed by atoms with van der Waals surface area (Å²) in [6.07, 6.45) is -5.00. The van der Waals surface area contributed by atoms with Crippen LogP contribution in [0.3, 0.4) is 0 Å². The Bertz CT molecular complexity index is 816. The van der Waals surface area contributed by atoms with Gasteiger partial charge >= 0.3 is 12.3 Å². The summed E-state index contributed by atoms with van der Waals surface area (Å²) in [5, 5.41) is 0. The molecule has 27 heavy (non-hydrogen) atoms. The number of ether oxygens (including phenoxy) is 1. The molecule has 2 rings (SSSR count). The molecular formula is C20H19F3N2O2. The average Bonchev–Trinajstić information content (AvgIpc) is 2.66. The lowest BCUT2D eigenvalue weighted by Crippen LogP contribution is -2.25. The first-order valence-electron chi connectivity index (χ1n) is 8.10. The molecule has 0 spiro atoms. The zero-order valence-electron chi connectivity index (χ0n) is 14.9. The van der Waals surface area contributed by atoms with Crippen LogP contribution < -0.4 is 0 Å². The fourth-order valence-electron chi connectivity index (χ4n) is 2.15. The van der Waals surface area contributed by atoms with Gasteiger partial charge in [0.15, 0.2) is 5.70 Å². The van der Waals surface area contributed by atoms with Crippen molar-refractivity contribution in [3.05, 3.63) is 83.7 Å². The Balaban J connectivity index is 2.15. The zero-order valence-corrected chi connectivity index (χ0v) is 14.9. The van der Waals surface area contributed by atoms with Crippen molar-refractivity contribution in [2.45, 2.75) is 19.7 Å². The summed E-state index contributed by atoms with van der Waals surface area (Å²) in [7, 11) is 1.19. The molecular weight excluding hydrogens is 357 g/mol. The van der Waals surface area contributed by atoms with E-state index in [-0.39, 0.29) is 12.3 Å².